The van der Waals surface area contributed by atoms with Gasteiger partial charge in [0, 0.05) is 13.2 Å². The zero-order valence-corrected chi connectivity index (χ0v) is 12.7. The Bertz CT molecular complexity index is 431. The van der Waals surface area contributed by atoms with Gasteiger partial charge in [0.05, 0.1) is 11.6 Å². The Kier molecular flexibility index (Phi) is 5.07. The first-order valence-corrected chi connectivity index (χ1v) is 7.32. The van der Waals surface area contributed by atoms with E-state index in [1.807, 2.05) is 12.1 Å². The molecule has 5 heteroatoms. The van der Waals surface area contributed by atoms with Gasteiger partial charge in [0.1, 0.15) is 0 Å². The average molecular weight is 330 g/mol. The van der Waals surface area contributed by atoms with Crippen molar-refractivity contribution in [1.82, 2.24) is 4.90 Å². The molecule has 1 aromatic rings. The lowest BCUT2D eigenvalue weighted by molar-refractivity contribution is 0.127. The molecule has 0 amide bonds. The van der Waals surface area contributed by atoms with Crippen molar-refractivity contribution in [2.75, 3.05) is 26.8 Å². The number of rotatable bonds is 4. The van der Waals surface area contributed by atoms with Crippen LogP contribution in [0.1, 0.15) is 18.4 Å². The van der Waals surface area contributed by atoms with Gasteiger partial charge in [-0.25, -0.2) is 0 Å². The Hall–Kier alpha value is -0.780. The van der Waals surface area contributed by atoms with E-state index >= 15 is 0 Å². The quantitative estimate of drug-likeness (QED) is 0.890. The van der Waals surface area contributed by atoms with Crippen molar-refractivity contribution in [3.63, 3.8) is 0 Å². The van der Waals surface area contributed by atoms with Crippen LogP contribution in [0.25, 0.3) is 0 Å². The van der Waals surface area contributed by atoms with Gasteiger partial charge < -0.3 is 14.9 Å². The largest absolute Gasteiger partial charge is 0.503 e. The van der Waals surface area contributed by atoms with Crippen LogP contribution in [0.4, 0.5) is 0 Å². The van der Waals surface area contributed by atoms with E-state index in [0.29, 0.717) is 22.7 Å². The maximum Gasteiger partial charge on any atom is 0.172 e. The normalized spacial score (nSPS) is 17.6. The molecule has 0 unspecified atom stereocenters. The molecule has 1 saturated heterocycles. The van der Waals surface area contributed by atoms with Gasteiger partial charge in [-0.1, -0.05) is 0 Å². The minimum atomic E-state index is 0.144. The first-order valence-electron chi connectivity index (χ1n) is 6.52. The number of aliphatic hydroxyl groups excluding tert-OH is 1. The predicted molar refractivity (Wildman–Crippen MR) is 77.4 cm³/mol. The number of benzene rings is 1. The lowest BCUT2D eigenvalue weighted by Gasteiger charge is -2.31. The number of hydrogen-bond acceptors (Lipinski definition) is 4. The zero-order valence-electron chi connectivity index (χ0n) is 11.1. The first-order chi connectivity index (χ1) is 9.13. The van der Waals surface area contributed by atoms with Gasteiger partial charge in [-0.2, -0.15) is 0 Å². The first kappa shape index (κ1) is 14.6. The van der Waals surface area contributed by atoms with E-state index in [9.17, 15) is 5.11 Å². The summed E-state index contributed by atoms with van der Waals surface area (Å²) in [5, 5.41) is 18.9. The molecule has 0 spiro atoms. The van der Waals surface area contributed by atoms with E-state index < -0.39 is 0 Å². The molecule has 1 fully saturated rings. The number of phenols is 1. The SMILES string of the molecule is COc1cc(CN2CCC(CO)CC2)cc(Br)c1O. The van der Waals surface area contributed by atoms with Crippen molar-refractivity contribution in [1.29, 1.82) is 0 Å². The molecule has 1 aliphatic heterocycles. The Morgan fingerprint density at radius 1 is 1.37 bits per heavy atom. The molecule has 0 aromatic heterocycles. The lowest BCUT2D eigenvalue weighted by atomic mass is 9.97. The van der Waals surface area contributed by atoms with Gasteiger partial charge in [0.25, 0.3) is 0 Å². The van der Waals surface area contributed by atoms with Crippen molar-refractivity contribution in [2.45, 2.75) is 19.4 Å². The highest BCUT2D eigenvalue weighted by Gasteiger charge is 2.19. The third-order valence-electron chi connectivity index (χ3n) is 3.68. The summed E-state index contributed by atoms with van der Waals surface area (Å²) in [6.45, 7) is 3.15. The number of aromatic hydroxyl groups is 1. The summed E-state index contributed by atoms with van der Waals surface area (Å²) in [4.78, 5) is 2.37. The van der Waals surface area contributed by atoms with Crippen molar-refractivity contribution < 1.29 is 14.9 Å². The second-order valence-corrected chi connectivity index (χ2v) is 5.88. The van der Waals surface area contributed by atoms with Crippen LogP contribution in [-0.2, 0) is 6.54 Å². The highest BCUT2D eigenvalue weighted by molar-refractivity contribution is 9.10. The van der Waals surface area contributed by atoms with Gasteiger partial charge in [0.2, 0.25) is 0 Å². The van der Waals surface area contributed by atoms with Crippen molar-refractivity contribution in [3.8, 4) is 11.5 Å². The van der Waals surface area contributed by atoms with Crippen LogP contribution in [0.3, 0.4) is 0 Å². The van der Waals surface area contributed by atoms with Crippen LogP contribution in [0, 0.1) is 5.92 Å². The Balaban J connectivity index is 2.02. The number of ether oxygens (including phenoxy) is 1. The van der Waals surface area contributed by atoms with Crippen molar-refractivity contribution in [3.05, 3.63) is 22.2 Å². The molecule has 1 aromatic carbocycles. The summed E-state index contributed by atoms with van der Waals surface area (Å²) >= 11 is 3.34. The number of phenolic OH excluding ortho intramolecular Hbond substituents is 1. The number of aliphatic hydroxyl groups is 1. The zero-order chi connectivity index (χ0) is 13.8. The van der Waals surface area contributed by atoms with Gasteiger partial charge >= 0.3 is 0 Å². The summed E-state index contributed by atoms with van der Waals surface area (Å²) < 4.78 is 5.82. The summed E-state index contributed by atoms with van der Waals surface area (Å²) in [6.07, 6.45) is 2.10. The number of nitrogens with zero attached hydrogens (tertiary/aromatic N) is 1. The van der Waals surface area contributed by atoms with Crippen LogP contribution in [-0.4, -0.2) is 41.9 Å². The number of methoxy groups -OCH3 is 1. The molecule has 0 atom stereocenters. The summed E-state index contributed by atoms with van der Waals surface area (Å²) in [5.41, 5.74) is 1.11. The topological polar surface area (TPSA) is 52.9 Å². The molecule has 2 rings (SSSR count). The fourth-order valence-electron chi connectivity index (χ4n) is 2.46. The molecule has 1 heterocycles. The van der Waals surface area contributed by atoms with E-state index in [0.717, 1.165) is 38.0 Å². The fraction of sp³-hybridized carbons (Fsp3) is 0.571. The lowest BCUT2D eigenvalue weighted by Crippen LogP contribution is -2.34. The van der Waals surface area contributed by atoms with E-state index in [1.165, 1.54) is 0 Å². The van der Waals surface area contributed by atoms with Crippen LogP contribution in [0.15, 0.2) is 16.6 Å². The molecule has 19 heavy (non-hydrogen) atoms. The van der Waals surface area contributed by atoms with Crippen molar-refractivity contribution in [2.24, 2.45) is 5.92 Å². The van der Waals surface area contributed by atoms with Crippen LogP contribution < -0.4 is 4.74 Å². The highest BCUT2D eigenvalue weighted by Crippen LogP contribution is 2.35. The third-order valence-corrected chi connectivity index (χ3v) is 4.28. The standard InChI is InChI=1S/C14H20BrNO3/c1-19-13-7-11(6-12(15)14(13)18)8-16-4-2-10(9-17)3-5-16/h6-7,10,17-18H,2-5,8-9H2,1H3. The molecule has 0 bridgehead atoms. The third kappa shape index (κ3) is 3.61. The fourth-order valence-corrected chi connectivity index (χ4v) is 2.95. The molecule has 1 aliphatic rings. The Morgan fingerprint density at radius 3 is 2.63 bits per heavy atom. The number of halogens is 1. The monoisotopic (exact) mass is 329 g/mol. The predicted octanol–water partition coefficient (Wildman–Crippen LogP) is 2.37. The molecular weight excluding hydrogens is 310 g/mol. The summed E-state index contributed by atoms with van der Waals surface area (Å²) in [5.74, 6) is 1.09. The minimum absolute atomic E-state index is 0.144. The van der Waals surface area contributed by atoms with Crippen LogP contribution in [0.2, 0.25) is 0 Å². The molecular formula is C14H20BrNO3. The highest BCUT2D eigenvalue weighted by atomic mass is 79.9. The van der Waals surface area contributed by atoms with Gasteiger partial charge in [-0.3, -0.25) is 4.90 Å². The van der Waals surface area contributed by atoms with Crippen molar-refractivity contribution >= 4 is 15.9 Å². The average Bonchev–Trinajstić information content (AvgIpc) is 2.43. The Morgan fingerprint density at radius 2 is 2.05 bits per heavy atom. The number of piperidine rings is 1. The maximum atomic E-state index is 9.78. The van der Waals surface area contributed by atoms with Gasteiger partial charge in [-0.05, 0) is 65.5 Å². The van der Waals surface area contributed by atoms with E-state index in [2.05, 4.69) is 20.8 Å². The molecule has 0 saturated carbocycles. The maximum absolute atomic E-state index is 9.78. The van der Waals surface area contributed by atoms with Crippen LogP contribution in [0.5, 0.6) is 11.5 Å². The van der Waals surface area contributed by atoms with Crippen LogP contribution >= 0.6 is 15.9 Å². The molecule has 106 valence electrons. The van der Waals surface area contributed by atoms with E-state index in [4.69, 9.17) is 9.84 Å². The van der Waals surface area contributed by atoms with Gasteiger partial charge in [0.15, 0.2) is 11.5 Å². The summed E-state index contributed by atoms with van der Waals surface area (Å²) in [6, 6.07) is 3.80. The summed E-state index contributed by atoms with van der Waals surface area (Å²) in [7, 11) is 1.55. The molecule has 0 aliphatic carbocycles. The molecule has 4 nitrogen and oxygen atoms in total. The smallest absolute Gasteiger partial charge is 0.172 e. The van der Waals surface area contributed by atoms with E-state index in [1.54, 1.807) is 7.11 Å². The minimum Gasteiger partial charge on any atom is -0.503 e. The number of hydrogen-bond donors (Lipinski definition) is 2. The Labute approximate surface area is 122 Å². The second-order valence-electron chi connectivity index (χ2n) is 5.03. The van der Waals surface area contributed by atoms with E-state index in [-0.39, 0.29) is 5.75 Å². The van der Waals surface area contributed by atoms with Gasteiger partial charge in [-0.15, -0.1) is 0 Å². The second kappa shape index (κ2) is 6.59. The molecule has 2 N–H and O–H groups in total. The number of likely N-dealkylation sites (tertiary alicyclic amines) is 1. The molecule has 0 radical (unpaired) electrons.